The maximum Gasteiger partial charge on any atom is 0.327 e. The lowest BCUT2D eigenvalue weighted by Crippen LogP contribution is -2.46. The Hall–Kier alpha value is -2.61. The van der Waals surface area contributed by atoms with Crippen molar-refractivity contribution < 1.29 is 19.5 Å². The summed E-state index contributed by atoms with van der Waals surface area (Å²) in [7, 11) is 3.50. The minimum Gasteiger partial charge on any atom is -0.480 e. The van der Waals surface area contributed by atoms with Gasteiger partial charge in [-0.2, -0.15) is 0 Å². The van der Waals surface area contributed by atoms with Gasteiger partial charge in [0.1, 0.15) is 6.04 Å². The van der Waals surface area contributed by atoms with Gasteiger partial charge in [0, 0.05) is 40.5 Å². The van der Waals surface area contributed by atoms with Crippen molar-refractivity contribution >= 4 is 41.0 Å². The number of halogens is 2. The van der Waals surface area contributed by atoms with Gasteiger partial charge in [0.05, 0.1) is 0 Å². The fraction of sp³-hybridized carbons (Fsp3) is 0.483. The summed E-state index contributed by atoms with van der Waals surface area (Å²) in [5.41, 5.74) is 2.86. The van der Waals surface area contributed by atoms with Gasteiger partial charge in [0.25, 0.3) is 5.91 Å². The van der Waals surface area contributed by atoms with Gasteiger partial charge in [0.15, 0.2) is 0 Å². The molecular weight excluding hydrogens is 525 g/mol. The van der Waals surface area contributed by atoms with E-state index < -0.39 is 17.9 Å². The minimum atomic E-state index is -1.09. The first-order valence-corrected chi connectivity index (χ1v) is 14.0. The molecule has 0 radical (unpaired) electrons. The lowest BCUT2D eigenvalue weighted by Gasteiger charge is -2.34. The molecule has 0 spiro atoms. The molecule has 3 atom stereocenters. The Labute approximate surface area is 233 Å². The highest BCUT2D eigenvalue weighted by atomic mass is 35.5. The Kier molecular flexibility index (Phi) is 9.34. The third-order valence-corrected chi connectivity index (χ3v) is 8.35. The average molecular weight is 561 g/mol. The molecule has 1 saturated carbocycles. The molecule has 2 aliphatic rings. The van der Waals surface area contributed by atoms with E-state index in [0.717, 1.165) is 48.8 Å². The summed E-state index contributed by atoms with van der Waals surface area (Å²) in [6, 6.07) is 9.66. The van der Waals surface area contributed by atoms with E-state index in [0.29, 0.717) is 28.1 Å². The Morgan fingerprint density at radius 2 is 1.66 bits per heavy atom. The summed E-state index contributed by atoms with van der Waals surface area (Å²) in [6.45, 7) is 0.870. The van der Waals surface area contributed by atoms with Gasteiger partial charge in [-0.25, -0.2) is 4.79 Å². The van der Waals surface area contributed by atoms with Crippen LogP contribution in [0.1, 0.15) is 60.4 Å². The number of amides is 2. The van der Waals surface area contributed by atoms with E-state index in [9.17, 15) is 19.5 Å². The molecule has 7 nitrogen and oxygen atoms in total. The van der Waals surface area contributed by atoms with E-state index in [-0.39, 0.29) is 24.3 Å². The van der Waals surface area contributed by atoms with E-state index >= 15 is 0 Å². The maximum absolute atomic E-state index is 12.7. The summed E-state index contributed by atoms with van der Waals surface area (Å²) in [4.78, 5) is 38.6. The summed E-state index contributed by atoms with van der Waals surface area (Å²) in [5.74, 6) is -1.22. The molecule has 2 amide bonds. The number of aliphatic carboxylic acids is 1. The first-order valence-electron chi connectivity index (χ1n) is 13.2. The molecule has 1 aliphatic carbocycles. The van der Waals surface area contributed by atoms with Crippen molar-refractivity contribution in [1.29, 1.82) is 0 Å². The molecule has 2 fully saturated rings. The molecule has 2 aromatic rings. The lowest BCUT2D eigenvalue weighted by atomic mass is 9.70. The number of benzene rings is 2. The van der Waals surface area contributed by atoms with Gasteiger partial charge in [-0.3, -0.25) is 9.59 Å². The average Bonchev–Trinajstić information content (AvgIpc) is 3.31. The molecule has 2 aromatic carbocycles. The van der Waals surface area contributed by atoms with Crippen LogP contribution in [0.4, 0.5) is 0 Å². The van der Waals surface area contributed by atoms with E-state index in [4.69, 9.17) is 23.2 Å². The molecule has 1 aliphatic heterocycles. The smallest absolute Gasteiger partial charge is 0.327 e. The van der Waals surface area contributed by atoms with Crippen molar-refractivity contribution in [3.63, 3.8) is 0 Å². The molecular formula is C29H35Cl2N3O4. The number of carboxylic acid groups (broad SMARTS) is 1. The van der Waals surface area contributed by atoms with Crippen molar-refractivity contribution in [2.24, 2.45) is 11.8 Å². The number of rotatable bonds is 9. The molecule has 204 valence electrons. The van der Waals surface area contributed by atoms with Gasteiger partial charge in [-0.15, -0.1) is 0 Å². The van der Waals surface area contributed by atoms with Gasteiger partial charge >= 0.3 is 5.97 Å². The van der Waals surface area contributed by atoms with Crippen LogP contribution in [-0.4, -0.2) is 61.0 Å². The third kappa shape index (κ3) is 6.50. The largest absolute Gasteiger partial charge is 0.480 e. The SMILES string of the molecule is CN(C)CC(NC(=O)c1ccc(-c2cc(Cl)c(C(C3CCCCC3)C3CCNC3=O)c(Cl)c2)cc1)C(=O)O. The number of hydrogen-bond donors (Lipinski definition) is 3. The van der Waals surface area contributed by atoms with Crippen LogP contribution in [0.3, 0.4) is 0 Å². The number of likely N-dealkylation sites (N-methyl/N-ethyl adjacent to an activating group) is 1. The highest BCUT2D eigenvalue weighted by Crippen LogP contribution is 2.48. The Morgan fingerprint density at radius 3 is 2.18 bits per heavy atom. The predicted octanol–water partition coefficient (Wildman–Crippen LogP) is 5.21. The first kappa shape index (κ1) is 28.4. The van der Waals surface area contributed by atoms with Gasteiger partial charge in [-0.1, -0.05) is 54.6 Å². The highest BCUT2D eigenvalue weighted by molar-refractivity contribution is 6.36. The molecule has 3 unspecified atom stereocenters. The van der Waals surface area contributed by atoms with E-state index in [1.807, 2.05) is 12.1 Å². The van der Waals surface area contributed by atoms with E-state index in [1.165, 1.54) is 6.42 Å². The van der Waals surface area contributed by atoms with E-state index in [1.54, 1.807) is 43.3 Å². The number of carbonyl (C=O) groups excluding carboxylic acids is 2. The molecule has 1 saturated heterocycles. The van der Waals surface area contributed by atoms with Crippen LogP contribution in [0.15, 0.2) is 36.4 Å². The van der Waals surface area contributed by atoms with Crippen LogP contribution in [0.5, 0.6) is 0 Å². The number of carboxylic acids is 1. The Bertz CT molecular complexity index is 1160. The summed E-state index contributed by atoms with van der Waals surface area (Å²) < 4.78 is 0. The molecule has 1 heterocycles. The van der Waals surface area contributed by atoms with Crippen molar-refractivity contribution in [3.05, 3.63) is 57.6 Å². The van der Waals surface area contributed by atoms with Crippen molar-refractivity contribution in [3.8, 4) is 11.1 Å². The Balaban J connectivity index is 1.58. The first-order chi connectivity index (χ1) is 18.2. The lowest BCUT2D eigenvalue weighted by molar-refractivity contribution is -0.139. The van der Waals surface area contributed by atoms with Crippen LogP contribution in [-0.2, 0) is 9.59 Å². The van der Waals surface area contributed by atoms with Crippen LogP contribution < -0.4 is 10.6 Å². The third-order valence-electron chi connectivity index (χ3n) is 7.73. The van der Waals surface area contributed by atoms with Crippen molar-refractivity contribution in [2.75, 3.05) is 27.2 Å². The van der Waals surface area contributed by atoms with Crippen LogP contribution >= 0.6 is 23.2 Å². The number of carbonyl (C=O) groups is 3. The fourth-order valence-electron chi connectivity index (χ4n) is 5.89. The molecule has 0 bridgehead atoms. The second-order valence-corrected chi connectivity index (χ2v) is 11.5. The molecule has 0 aromatic heterocycles. The molecule has 9 heteroatoms. The molecule has 4 rings (SSSR count). The topological polar surface area (TPSA) is 98.7 Å². The zero-order chi connectivity index (χ0) is 27.4. The minimum absolute atomic E-state index is 0.0118. The zero-order valence-corrected chi connectivity index (χ0v) is 23.3. The number of nitrogens with one attached hydrogen (secondary N) is 2. The van der Waals surface area contributed by atoms with E-state index in [2.05, 4.69) is 10.6 Å². The quantitative estimate of drug-likeness (QED) is 0.392. The van der Waals surface area contributed by atoms with Crippen LogP contribution in [0.2, 0.25) is 10.0 Å². The summed E-state index contributed by atoms with van der Waals surface area (Å²) in [6.07, 6.45) is 6.47. The Morgan fingerprint density at radius 1 is 1.03 bits per heavy atom. The predicted molar refractivity (Wildman–Crippen MR) is 150 cm³/mol. The van der Waals surface area contributed by atoms with Crippen molar-refractivity contribution in [1.82, 2.24) is 15.5 Å². The monoisotopic (exact) mass is 559 g/mol. The number of nitrogens with zero attached hydrogens (tertiary/aromatic N) is 1. The van der Waals surface area contributed by atoms with Crippen molar-refractivity contribution in [2.45, 2.75) is 50.5 Å². The summed E-state index contributed by atoms with van der Waals surface area (Å²) in [5, 5.41) is 16.1. The van der Waals surface area contributed by atoms with Gasteiger partial charge in [0.2, 0.25) is 5.91 Å². The highest BCUT2D eigenvalue weighted by Gasteiger charge is 2.40. The van der Waals surface area contributed by atoms with Gasteiger partial charge < -0.3 is 20.6 Å². The fourth-order valence-corrected chi connectivity index (χ4v) is 6.63. The van der Waals surface area contributed by atoms with Crippen LogP contribution in [0.25, 0.3) is 11.1 Å². The number of hydrogen-bond acceptors (Lipinski definition) is 4. The standard InChI is InChI=1S/C29H35Cl2N3O4/c1-34(2)16-24(29(37)38)33-27(35)19-10-8-17(9-11-19)20-14-22(30)26(23(31)15-20)25(18-6-4-3-5-7-18)21-12-13-32-28(21)36/h8-11,14-15,18,21,24-25H,3-7,12-13,16H2,1-2H3,(H,32,36)(H,33,35)(H,37,38). The second-order valence-electron chi connectivity index (χ2n) is 10.7. The molecule has 3 N–H and O–H groups in total. The second kappa shape index (κ2) is 12.5. The maximum atomic E-state index is 12.7. The summed E-state index contributed by atoms with van der Waals surface area (Å²) >= 11 is 13.8. The zero-order valence-electron chi connectivity index (χ0n) is 21.8. The van der Waals surface area contributed by atoms with Gasteiger partial charge in [-0.05, 0) is 80.2 Å². The van der Waals surface area contributed by atoms with Crippen LogP contribution in [0, 0.1) is 11.8 Å². The normalized spacial score (nSPS) is 19.7. The molecule has 38 heavy (non-hydrogen) atoms.